The van der Waals surface area contributed by atoms with Crippen LogP contribution in [0, 0.1) is 23.7 Å². The Balaban J connectivity index is 1.46. The Labute approximate surface area is 186 Å². The number of likely N-dealkylation sites (tertiary alicyclic amines) is 1. The molecule has 1 aliphatic heterocycles. The third kappa shape index (κ3) is 3.57. The lowest BCUT2D eigenvalue weighted by molar-refractivity contribution is -0.146. The van der Waals surface area contributed by atoms with Gasteiger partial charge in [0.25, 0.3) is 0 Å². The van der Waals surface area contributed by atoms with E-state index in [0.29, 0.717) is 10.7 Å². The second-order valence-electron chi connectivity index (χ2n) is 8.59. The van der Waals surface area contributed by atoms with Crippen molar-refractivity contribution < 1.29 is 14.4 Å². The summed E-state index contributed by atoms with van der Waals surface area (Å²) in [6, 6.07) is 15.4. The molecular formula is C25H23ClN2O3. The first-order chi connectivity index (χ1) is 15.0. The molecule has 0 unspecified atom stereocenters. The van der Waals surface area contributed by atoms with Crippen molar-refractivity contribution in [3.8, 4) is 0 Å². The second kappa shape index (κ2) is 7.97. The molecule has 5 nitrogen and oxygen atoms in total. The highest BCUT2D eigenvalue weighted by molar-refractivity contribution is 6.30. The molecule has 1 saturated carbocycles. The fourth-order valence-electron chi connectivity index (χ4n) is 5.30. The van der Waals surface area contributed by atoms with Gasteiger partial charge < -0.3 is 5.32 Å². The van der Waals surface area contributed by atoms with E-state index in [1.54, 1.807) is 24.3 Å². The van der Waals surface area contributed by atoms with Gasteiger partial charge in [-0.25, -0.2) is 0 Å². The molecular weight excluding hydrogens is 412 g/mol. The van der Waals surface area contributed by atoms with E-state index in [1.807, 2.05) is 30.3 Å². The Morgan fingerprint density at radius 2 is 1.52 bits per heavy atom. The quantitative estimate of drug-likeness (QED) is 0.569. The van der Waals surface area contributed by atoms with Crippen LogP contribution in [0.25, 0.3) is 0 Å². The summed E-state index contributed by atoms with van der Waals surface area (Å²) in [6.45, 7) is 0. The summed E-state index contributed by atoms with van der Waals surface area (Å²) in [5.74, 6) is -1.27. The number of benzene rings is 2. The standard InChI is InChI=1S/C25H23ClN2O3/c26-18-10-12-19(13-11-18)27-23(29)20(14-15-4-2-1-3-5-15)28-24(30)21-16-6-7-17(9-8-16)22(21)25(28)31/h1-7,10-13,16-17,20-22H,8-9,14H2,(H,27,29)/t16-,17-,20+,21-,22+/m0/s1. The van der Waals surface area contributed by atoms with E-state index in [2.05, 4.69) is 17.5 Å². The average Bonchev–Trinajstić information content (AvgIpc) is 3.07. The highest BCUT2D eigenvalue weighted by Crippen LogP contribution is 2.50. The van der Waals surface area contributed by atoms with E-state index in [0.717, 1.165) is 18.4 Å². The number of anilines is 1. The molecule has 1 N–H and O–H groups in total. The van der Waals surface area contributed by atoms with Crippen LogP contribution in [0.1, 0.15) is 18.4 Å². The number of imide groups is 1. The van der Waals surface area contributed by atoms with Gasteiger partial charge in [0.2, 0.25) is 17.7 Å². The van der Waals surface area contributed by atoms with Gasteiger partial charge in [-0.15, -0.1) is 0 Å². The van der Waals surface area contributed by atoms with Crippen molar-refractivity contribution in [3.05, 3.63) is 77.3 Å². The average molecular weight is 435 g/mol. The summed E-state index contributed by atoms with van der Waals surface area (Å²) in [5, 5.41) is 3.43. The molecule has 158 valence electrons. The van der Waals surface area contributed by atoms with E-state index in [1.165, 1.54) is 4.90 Å². The lowest BCUT2D eigenvalue weighted by Crippen LogP contribution is -2.49. The molecule has 2 aromatic carbocycles. The molecule has 5 atom stereocenters. The molecule has 3 aliphatic carbocycles. The number of hydrogen-bond acceptors (Lipinski definition) is 3. The molecule has 6 rings (SSSR count). The molecule has 6 heteroatoms. The maximum atomic E-state index is 13.4. The smallest absolute Gasteiger partial charge is 0.248 e. The van der Waals surface area contributed by atoms with Crippen molar-refractivity contribution >= 4 is 35.0 Å². The number of nitrogens with zero attached hydrogens (tertiary/aromatic N) is 1. The van der Waals surface area contributed by atoms with Crippen LogP contribution in [0.2, 0.25) is 5.02 Å². The molecule has 3 amide bonds. The molecule has 2 aromatic rings. The van der Waals surface area contributed by atoms with Crippen LogP contribution in [-0.4, -0.2) is 28.7 Å². The van der Waals surface area contributed by atoms with E-state index in [9.17, 15) is 14.4 Å². The summed E-state index contributed by atoms with van der Waals surface area (Å²) in [6.07, 6.45) is 6.30. The normalized spacial score (nSPS) is 27.3. The van der Waals surface area contributed by atoms with E-state index >= 15 is 0 Å². The van der Waals surface area contributed by atoms with Crippen molar-refractivity contribution in [3.63, 3.8) is 0 Å². The Hall–Kier alpha value is -2.92. The Morgan fingerprint density at radius 3 is 2.06 bits per heavy atom. The second-order valence-corrected chi connectivity index (χ2v) is 9.03. The maximum Gasteiger partial charge on any atom is 0.248 e. The van der Waals surface area contributed by atoms with Gasteiger partial charge in [0.15, 0.2) is 0 Å². The fraction of sp³-hybridized carbons (Fsp3) is 0.320. The first-order valence-corrected chi connectivity index (χ1v) is 11.1. The lowest BCUT2D eigenvalue weighted by Gasteiger charge is -2.38. The lowest BCUT2D eigenvalue weighted by atomic mass is 9.63. The minimum atomic E-state index is -0.900. The first-order valence-electron chi connectivity index (χ1n) is 10.7. The predicted octanol–water partition coefficient (Wildman–Crippen LogP) is 4.09. The van der Waals surface area contributed by atoms with Crippen molar-refractivity contribution in [1.82, 2.24) is 4.90 Å². The first kappa shape index (κ1) is 20.0. The molecule has 2 fully saturated rings. The minimum Gasteiger partial charge on any atom is -0.324 e. The SMILES string of the molecule is O=C(Nc1ccc(Cl)cc1)[C@@H](Cc1ccccc1)N1C(=O)[C@@H]2[C@H](C1=O)[C@H]1C=C[C@H]2CC1. The number of hydrogen-bond donors (Lipinski definition) is 1. The largest absolute Gasteiger partial charge is 0.324 e. The van der Waals surface area contributed by atoms with E-state index in [4.69, 9.17) is 11.6 Å². The van der Waals surface area contributed by atoms with Crippen molar-refractivity contribution in [1.29, 1.82) is 0 Å². The Morgan fingerprint density at radius 1 is 0.935 bits per heavy atom. The van der Waals surface area contributed by atoms with Gasteiger partial charge in [-0.2, -0.15) is 0 Å². The summed E-state index contributed by atoms with van der Waals surface area (Å²) < 4.78 is 0. The number of halogens is 1. The topological polar surface area (TPSA) is 66.5 Å². The van der Waals surface area contributed by atoms with Gasteiger partial charge in [-0.05, 0) is 54.5 Å². The van der Waals surface area contributed by atoms with Crippen LogP contribution in [0.4, 0.5) is 5.69 Å². The number of carbonyl (C=O) groups excluding carboxylic acids is 3. The van der Waals surface area contributed by atoms with E-state index < -0.39 is 6.04 Å². The van der Waals surface area contributed by atoms with Crippen molar-refractivity contribution in [2.24, 2.45) is 23.7 Å². The van der Waals surface area contributed by atoms with Crippen LogP contribution in [0.3, 0.4) is 0 Å². The molecule has 0 spiro atoms. The van der Waals surface area contributed by atoms with Gasteiger partial charge in [-0.1, -0.05) is 54.1 Å². The maximum absolute atomic E-state index is 13.4. The van der Waals surface area contributed by atoms with Crippen LogP contribution >= 0.6 is 11.6 Å². The van der Waals surface area contributed by atoms with Gasteiger partial charge in [0, 0.05) is 17.1 Å². The Bertz CT molecular complexity index is 1020. The number of nitrogens with one attached hydrogen (secondary N) is 1. The molecule has 1 saturated heterocycles. The molecule has 2 bridgehead atoms. The number of rotatable bonds is 5. The van der Waals surface area contributed by atoms with E-state index in [-0.39, 0.29) is 47.8 Å². The van der Waals surface area contributed by atoms with Crippen molar-refractivity contribution in [2.75, 3.05) is 5.32 Å². The number of fused-ring (bicyclic) bond motifs is 1. The number of carbonyl (C=O) groups is 3. The molecule has 4 aliphatic rings. The fourth-order valence-corrected chi connectivity index (χ4v) is 5.43. The highest BCUT2D eigenvalue weighted by Gasteiger charge is 2.58. The van der Waals surface area contributed by atoms with Crippen LogP contribution < -0.4 is 5.32 Å². The van der Waals surface area contributed by atoms with Crippen LogP contribution in [0.15, 0.2) is 66.7 Å². The highest BCUT2D eigenvalue weighted by atomic mass is 35.5. The summed E-state index contributed by atoms with van der Waals surface area (Å²) in [4.78, 5) is 41.5. The molecule has 1 heterocycles. The zero-order chi connectivity index (χ0) is 21.5. The molecule has 31 heavy (non-hydrogen) atoms. The number of amides is 3. The van der Waals surface area contributed by atoms with Crippen LogP contribution in [0.5, 0.6) is 0 Å². The van der Waals surface area contributed by atoms with Gasteiger partial charge in [-0.3, -0.25) is 19.3 Å². The third-order valence-electron chi connectivity index (χ3n) is 6.79. The van der Waals surface area contributed by atoms with Gasteiger partial charge in [0.05, 0.1) is 11.8 Å². The molecule has 0 aromatic heterocycles. The summed E-state index contributed by atoms with van der Waals surface area (Å²) in [7, 11) is 0. The number of allylic oxidation sites excluding steroid dienone is 2. The summed E-state index contributed by atoms with van der Waals surface area (Å²) in [5.41, 5.74) is 1.47. The Kier molecular flexibility index (Phi) is 5.14. The monoisotopic (exact) mass is 434 g/mol. The van der Waals surface area contributed by atoms with Crippen molar-refractivity contribution in [2.45, 2.75) is 25.3 Å². The van der Waals surface area contributed by atoms with Gasteiger partial charge >= 0.3 is 0 Å². The zero-order valence-electron chi connectivity index (χ0n) is 16.9. The van der Waals surface area contributed by atoms with Gasteiger partial charge in [0.1, 0.15) is 6.04 Å². The van der Waals surface area contributed by atoms with Crippen LogP contribution in [-0.2, 0) is 20.8 Å². The summed E-state index contributed by atoms with van der Waals surface area (Å²) >= 11 is 5.95. The molecule has 0 radical (unpaired) electrons. The third-order valence-corrected chi connectivity index (χ3v) is 7.04. The predicted molar refractivity (Wildman–Crippen MR) is 118 cm³/mol. The minimum absolute atomic E-state index is 0.0909. The zero-order valence-corrected chi connectivity index (χ0v) is 17.7.